The van der Waals surface area contributed by atoms with Crippen LogP contribution in [-0.4, -0.2) is 28.9 Å². The largest absolute Gasteiger partial charge is 0.331 e. The fourth-order valence-electron chi connectivity index (χ4n) is 3.13. The lowest BCUT2D eigenvalue weighted by Crippen LogP contribution is -2.29. The lowest BCUT2D eigenvalue weighted by molar-refractivity contribution is 0.0783. The molecule has 5 nitrogen and oxygen atoms in total. The minimum Gasteiger partial charge on any atom is -0.331 e. The molecule has 0 bridgehead atoms. The van der Waals surface area contributed by atoms with Crippen LogP contribution in [0, 0.1) is 6.92 Å². The number of pyridine rings is 1. The summed E-state index contributed by atoms with van der Waals surface area (Å²) in [5, 5.41) is 1.02. The van der Waals surface area contributed by atoms with Gasteiger partial charge in [-0.05, 0) is 24.6 Å². The van der Waals surface area contributed by atoms with Crippen LogP contribution in [0.5, 0.6) is 0 Å². The van der Waals surface area contributed by atoms with Crippen LogP contribution in [0.4, 0.5) is 0 Å². The molecule has 0 radical (unpaired) electrons. The van der Waals surface area contributed by atoms with Crippen LogP contribution < -0.4 is 11.5 Å². The van der Waals surface area contributed by atoms with Crippen molar-refractivity contribution in [2.45, 2.75) is 20.0 Å². The van der Waals surface area contributed by atoms with Crippen molar-refractivity contribution >= 4 is 29.1 Å². The molecule has 0 aliphatic carbocycles. The van der Waals surface area contributed by atoms with Crippen LogP contribution in [0.15, 0.2) is 18.2 Å². The lowest BCUT2D eigenvalue weighted by atomic mass is 9.93. The van der Waals surface area contributed by atoms with Gasteiger partial charge in [0, 0.05) is 46.5 Å². The van der Waals surface area contributed by atoms with E-state index in [4.69, 9.17) is 34.7 Å². The summed E-state index contributed by atoms with van der Waals surface area (Å²) in [4.78, 5) is 19.1. The van der Waals surface area contributed by atoms with E-state index in [1.165, 1.54) is 0 Å². The minimum atomic E-state index is -0.0846. The Bertz CT molecular complexity index is 823. The second-order valence-corrected chi connectivity index (χ2v) is 6.56. The molecular formula is C17H18Cl2N4O. The van der Waals surface area contributed by atoms with Crippen molar-refractivity contribution in [2.75, 3.05) is 13.1 Å². The monoisotopic (exact) mass is 364 g/mol. The van der Waals surface area contributed by atoms with Gasteiger partial charge in [-0.3, -0.25) is 9.78 Å². The summed E-state index contributed by atoms with van der Waals surface area (Å²) in [7, 11) is 0. The maximum Gasteiger partial charge on any atom is 0.256 e. The number of nitrogens with zero attached hydrogens (tertiary/aromatic N) is 2. The van der Waals surface area contributed by atoms with E-state index in [1.54, 1.807) is 17.0 Å². The van der Waals surface area contributed by atoms with Gasteiger partial charge in [0.05, 0.1) is 17.8 Å². The van der Waals surface area contributed by atoms with Crippen LogP contribution in [-0.2, 0) is 13.1 Å². The van der Waals surface area contributed by atoms with Crippen LogP contribution in [0.25, 0.3) is 11.1 Å². The highest BCUT2D eigenvalue weighted by molar-refractivity contribution is 6.36. The van der Waals surface area contributed by atoms with E-state index >= 15 is 0 Å². The smallest absolute Gasteiger partial charge is 0.256 e. The van der Waals surface area contributed by atoms with E-state index < -0.39 is 0 Å². The lowest BCUT2D eigenvalue weighted by Gasteiger charge is -2.16. The van der Waals surface area contributed by atoms with Crippen molar-refractivity contribution in [3.63, 3.8) is 0 Å². The summed E-state index contributed by atoms with van der Waals surface area (Å²) in [5.41, 5.74) is 16.0. The van der Waals surface area contributed by atoms with E-state index in [0.717, 1.165) is 28.1 Å². The molecule has 0 atom stereocenters. The molecule has 1 aliphatic rings. The average Bonchev–Trinajstić information content (AvgIpc) is 2.83. The molecule has 7 heteroatoms. The molecule has 4 N–H and O–H groups in total. The molecule has 0 unspecified atom stereocenters. The van der Waals surface area contributed by atoms with Crippen LogP contribution in [0.3, 0.4) is 0 Å². The average molecular weight is 365 g/mol. The number of hydrogen-bond donors (Lipinski definition) is 2. The molecule has 1 aromatic carbocycles. The zero-order chi connectivity index (χ0) is 17.4. The second-order valence-electron chi connectivity index (χ2n) is 5.72. The van der Waals surface area contributed by atoms with E-state index in [1.807, 2.05) is 13.0 Å². The Morgan fingerprint density at radius 2 is 2.00 bits per heavy atom. The standard InChI is InChI=1S/C17H18Cl2N4O/c1-9-12(7-21)15(11-3-2-10(18)6-13(11)19)16-14(22-9)8-23(5-4-20)17(16)24/h2-3,6H,4-5,7-8,20-21H2,1H3. The molecule has 2 aromatic rings. The van der Waals surface area contributed by atoms with Gasteiger partial charge >= 0.3 is 0 Å². The third kappa shape index (κ3) is 2.78. The van der Waals surface area contributed by atoms with Crippen LogP contribution >= 0.6 is 23.2 Å². The predicted molar refractivity (Wildman–Crippen MR) is 96.1 cm³/mol. The van der Waals surface area contributed by atoms with E-state index in [-0.39, 0.29) is 12.5 Å². The number of carbonyl (C=O) groups is 1. The summed E-state index contributed by atoms with van der Waals surface area (Å²) in [5.74, 6) is -0.0846. The first-order valence-corrected chi connectivity index (χ1v) is 8.40. The van der Waals surface area contributed by atoms with Crippen molar-refractivity contribution in [1.82, 2.24) is 9.88 Å². The molecule has 0 fully saturated rings. The Balaban J connectivity index is 2.28. The van der Waals surface area contributed by atoms with E-state index in [9.17, 15) is 4.79 Å². The molecule has 0 saturated heterocycles. The number of hydrogen-bond acceptors (Lipinski definition) is 4. The number of nitrogens with two attached hydrogens (primary N) is 2. The zero-order valence-electron chi connectivity index (χ0n) is 13.3. The molecular weight excluding hydrogens is 347 g/mol. The van der Waals surface area contributed by atoms with Gasteiger partial charge in [-0.15, -0.1) is 0 Å². The van der Waals surface area contributed by atoms with E-state index in [0.29, 0.717) is 35.2 Å². The predicted octanol–water partition coefficient (Wildman–Crippen LogP) is 2.74. The first-order chi connectivity index (χ1) is 11.5. The van der Waals surface area contributed by atoms with Gasteiger partial charge in [0.25, 0.3) is 5.91 Å². The minimum absolute atomic E-state index is 0.0846. The number of carbonyl (C=O) groups excluding carboxylic acids is 1. The summed E-state index contributed by atoms with van der Waals surface area (Å²) in [6, 6.07) is 5.23. The Morgan fingerprint density at radius 3 is 2.62 bits per heavy atom. The Labute approximate surface area is 150 Å². The first-order valence-electron chi connectivity index (χ1n) is 7.65. The van der Waals surface area contributed by atoms with Gasteiger partial charge < -0.3 is 16.4 Å². The maximum absolute atomic E-state index is 12.9. The van der Waals surface area contributed by atoms with Crippen LogP contribution in [0.2, 0.25) is 10.0 Å². The van der Waals surface area contributed by atoms with Gasteiger partial charge in [0.15, 0.2) is 0 Å². The highest BCUT2D eigenvalue weighted by Crippen LogP contribution is 2.39. The van der Waals surface area contributed by atoms with Gasteiger partial charge in [-0.2, -0.15) is 0 Å². The quantitative estimate of drug-likeness (QED) is 0.873. The molecule has 0 spiro atoms. The molecule has 126 valence electrons. The second kappa shape index (κ2) is 6.69. The number of aromatic nitrogens is 1. The van der Waals surface area contributed by atoms with Crippen molar-refractivity contribution in [3.8, 4) is 11.1 Å². The molecule has 2 heterocycles. The number of amides is 1. The molecule has 1 aliphatic heterocycles. The number of aryl methyl sites for hydroxylation is 1. The Morgan fingerprint density at radius 1 is 1.25 bits per heavy atom. The van der Waals surface area contributed by atoms with Crippen molar-refractivity contribution < 1.29 is 4.79 Å². The summed E-state index contributed by atoms with van der Waals surface area (Å²) >= 11 is 12.4. The molecule has 1 aromatic heterocycles. The normalized spacial score (nSPS) is 13.5. The van der Waals surface area contributed by atoms with Crippen molar-refractivity contribution in [1.29, 1.82) is 0 Å². The van der Waals surface area contributed by atoms with Crippen LogP contribution in [0.1, 0.15) is 27.3 Å². The van der Waals surface area contributed by atoms with Gasteiger partial charge in [0.2, 0.25) is 0 Å². The molecule has 3 rings (SSSR count). The Kier molecular flexibility index (Phi) is 4.78. The number of fused-ring (bicyclic) bond motifs is 1. The number of rotatable bonds is 4. The highest BCUT2D eigenvalue weighted by atomic mass is 35.5. The molecule has 1 amide bonds. The highest BCUT2D eigenvalue weighted by Gasteiger charge is 2.33. The Hall–Kier alpha value is -1.66. The molecule has 0 saturated carbocycles. The zero-order valence-corrected chi connectivity index (χ0v) is 14.8. The maximum atomic E-state index is 12.9. The van der Waals surface area contributed by atoms with Crippen molar-refractivity contribution in [3.05, 3.63) is 50.8 Å². The number of halogens is 2. The fourth-order valence-corrected chi connectivity index (χ4v) is 3.64. The summed E-state index contributed by atoms with van der Waals surface area (Å²) in [6.07, 6.45) is 0. The fraction of sp³-hybridized carbons (Fsp3) is 0.294. The third-order valence-electron chi connectivity index (χ3n) is 4.23. The SMILES string of the molecule is Cc1nc2c(c(-c3ccc(Cl)cc3Cl)c1CN)C(=O)N(CCN)C2. The summed E-state index contributed by atoms with van der Waals surface area (Å²) in [6.45, 7) is 3.51. The van der Waals surface area contributed by atoms with Gasteiger partial charge in [-0.1, -0.05) is 29.3 Å². The summed E-state index contributed by atoms with van der Waals surface area (Å²) < 4.78 is 0. The number of benzene rings is 1. The van der Waals surface area contributed by atoms with Gasteiger partial charge in [0.1, 0.15) is 0 Å². The van der Waals surface area contributed by atoms with E-state index in [2.05, 4.69) is 4.98 Å². The van der Waals surface area contributed by atoms with Crippen molar-refractivity contribution in [2.24, 2.45) is 11.5 Å². The first kappa shape index (κ1) is 17.2. The molecule has 24 heavy (non-hydrogen) atoms. The van der Waals surface area contributed by atoms with Gasteiger partial charge in [-0.25, -0.2) is 0 Å². The topological polar surface area (TPSA) is 85.2 Å². The third-order valence-corrected chi connectivity index (χ3v) is 4.77.